The number of anilines is 1. The van der Waals surface area contributed by atoms with Gasteiger partial charge in [-0.3, -0.25) is 9.59 Å². The molecule has 0 aliphatic carbocycles. The molecule has 1 atom stereocenters. The summed E-state index contributed by atoms with van der Waals surface area (Å²) in [6, 6.07) is 16.6. The summed E-state index contributed by atoms with van der Waals surface area (Å²) in [7, 11) is 3.18. The van der Waals surface area contributed by atoms with E-state index < -0.39 is 6.10 Å². The van der Waals surface area contributed by atoms with Crippen LogP contribution in [0.3, 0.4) is 0 Å². The van der Waals surface area contributed by atoms with E-state index in [-0.39, 0.29) is 11.8 Å². The average molecular weight is 491 g/mol. The van der Waals surface area contributed by atoms with Crippen molar-refractivity contribution in [1.29, 1.82) is 0 Å². The van der Waals surface area contributed by atoms with Gasteiger partial charge in [-0.25, -0.2) is 0 Å². The number of rotatable bonds is 10. The summed E-state index contributed by atoms with van der Waals surface area (Å²) >= 11 is 0. The largest absolute Gasteiger partial charge is 0.493 e. The molecular weight excluding hydrogens is 456 g/mol. The molecule has 2 amide bonds. The standard InChI is InChI=1S/C29H34N2O5/c1-18-15-19(2)20(3)26(16-18)36-21(4)28(32)31-24-10-8-7-9-23(24)29(33)30-14-13-22-11-12-25(34-5)27(17-22)35-6/h7-12,15-17,21H,13-14H2,1-6H3,(H,30,33)(H,31,32). The van der Waals surface area contributed by atoms with Crippen molar-refractivity contribution >= 4 is 17.5 Å². The van der Waals surface area contributed by atoms with Gasteiger partial charge in [0.05, 0.1) is 25.5 Å². The first kappa shape index (κ1) is 26.6. The van der Waals surface area contributed by atoms with Crippen molar-refractivity contribution in [3.8, 4) is 17.2 Å². The maximum Gasteiger partial charge on any atom is 0.265 e. The highest BCUT2D eigenvalue weighted by atomic mass is 16.5. The number of ether oxygens (including phenoxy) is 3. The van der Waals surface area contributed by atoms with Crippen LogP contribution in [0.25, 0.3) is 0 Å². The van der Waals surface area contributed by atoms with Gasteiger partial charge in [-0.15, -0.1) is 0 Å². The number of hydrogen-bond donors (Lipinski definition) is 2. The molecule has 190 valence electrons. The smallest absolute Gasteiger partial charge is 0.265 e. The molecule has 1 unspecified atom stereocenters. The molecule has 7 heteroatoms. The van der Waals surface area contributed by atoms with E-state index >= 15 is 0 Å². The van der Waals surface area contributed by atoms with Crippen LogP contribution in [0.5, 0.6) is 17.2 Å². The van der Waals surface area contributed by atoms with E-state index in [1.807, 2.05) is 45.0 Å². The second-order valence-electron chi connectivity index (χ2n) is 8.70. The number of benzene rings is 3. The minimum atomic E-state index is -0.744. The minimum absolute atomic E-state index is 0.273. The number of nitrogens with one attached hydrogen (secondary N) is 2. The summed E-state index contributed by atoms with van der Waals surface area (Å²) in [6.45, 7) is 8.08. The molecule has 7 nitrogen and oxygen atoms in total. The van der Waals surface area contributed by atoms with Gasteiger partial charge >= 0.3 is 0 Å². The van der Waals surface area contributed by atoms with Crippen LogP contribution in [0.15, 0.2) is 54.6 Å². The van der Waals surface area contributed by atoms with E-state index in [2.05, 4.69) is 16.7 Å². The van der Waals surface area contributed by atoms with E-state index in [1.54, 1.807) is 45.4 Å². The number of carbonyl (C=O) groups is 2. The lowest BCUT2D eigenvalue weighted by Gasteiger charge is -2.19. The Morgan fingerprint density at radius 1 is 0.889 bits per heavy atom. The van der Waals surface area contributed by atoms with Gasteiger partial charge < -0.3 is 24.8 Å². The van der Waals surface area contributed by atoms with Gasteiger partial charge in [0.1, 0.15) is 5.75 Å². The maximum atomic E-state index is 12.9. The first-order valence-electron chi connectivity index (χ1n) is 11.9. The van der Waals surface area contributed by atoms with Crippen molar-refractivity contribution in [3.63, 3.8) is 0 Å². The van der Waals surface area contributed by atoms with E-state index in [4.69, 9.17) is 14.2 Å². The molecule has 3 rings (SSSR count). The molecular formula is C29H34N2O5. The van der Waals surface area contributed by atoms with E-state index in [1.165, 1.54) is 0 Å². The number of amides is 2. The van der Waals surface area contributed by atoms with Crippen LogP contribution in [0.2, 0.25) is 0 Å². The fourth-order valence-electron chi connectivity index (χ4n) is 3.84. The van der Waals surface area contributed by atoms with Gasteiger partial charge in [0.2, 0.25) is 0 Å². The highest BCUT2D eigenvalue weighted by molar-refractivity contribution is 6.04. The van der Waals surface area contributed by atoms with Crippen molar-refractivity contribution < 1.29 is 23.8 Å². The van der Waals surface area contributed by atoms with Crippen molar-refractivity contribution in [1.82, 2.24) is 5.32 Å². The molecule has 0 bridgehead atoms. The zero-order valence-electron chi connectivity index (χ0n) is 21.7. The fraction of sp³-hybridized carbons (Fsp3) is 0.310. The molecule has 0 aliphatic heterocycles. The normalized spacial score (nSPS) is 11.4. The molecule has 0 saturated carbocycles. The van der Waals surface area contributed by atoms with Crippen molar-refractivity contribution in [3.05, 3.63) is 82.4 Å². The molecule has 0 heterocycles. The van der Waals surface area contributed by atoms with Gasteiger partial charge in [0.15, 0.2) is 17.6 Å². The molecule has 0 aromatic heterocycles. The third-order valence-electron chi connectivity index (χ3n) is 6.01. The van der Waals surface area contributed by atoms with Crippen LogP contribution in [0, 0.1) is 20.8 Å². The zero-order chi connectivity index (χ0) is 26.2. The summed E-state index contributed by atoms with van der Waals surface area (Å²) in [6.07, 6.45) is -0.133. The molecule has 0 spiro atoms. The summed E-state index contributed by atoms with van der Waals surface area (Å²) in [5, 5.41) is 5.76. The third kappa shape index (κ3) is 6.56. The maximum absolute atomic E-state index is 12.9. The SMILES string of the molecule is COc1ccc(CCNC(=O)c2ccccc2NC(=O)C(C)Oc2cc(C)cc(C)c2C)cc1OC. The van der Waals surface area contributed by atoms with E-state index in [9.17, 15) is 9.59 Å². The molecule has 0 fully saturated rings. The lowest BCUT2D eigenvalue weighted by Crippen LogP contribution is -2.32. The van der Waals surface area contributed by atoms with Crippen LogP contribution < -0.4 is 24.8 Å². The second-order valence-corrected chi connectivity index (χ2v) is 8.70. The molecule has 0 saturated heterocycles. The summed E-state index contributed by atoms with van der Waals surface area (Å²) in [5.41, 5.74) is 4.98. The Kier molecular flexibility index (Phi) is 8.95. The topological polar surface area (TPSA) is 85.9 Å². The summed E-state index contributed by atoms with van der Waals surface area (Å²) in [5.74, 6) is 1.36. The van der Waals surface area contributed by atoms with Crippen molar-refractivity contribution in [2.24, 2.45) is 0 Å². The van der Waals surface area contributed by atoms with Crippen LogP contribution >= 0.6 is 0 Å². The first-order valence-corrected chi connectivity index (χ1v) is 11.9. The number of aryl methyl sites for hydroxylation is 2. The number of hydrogen-bond acceptors (Lipinski definition) is 5. The first-order chi connectivity index (χ1) is 17.2. The minimum Gasteiger partial charge on any atom is -0.493 e. The lowest BCUT2D eigenvalue weighted by atomic mass is 10.1. The van der Waals surface area contributed by atoms with E-state index in [0.717, 1.165) is 22.3 Å². The molecule has 0 aliphatic rings. The zero-order valence-corrected chi connectivity index (χ0v) is 21.7. The Labute approximate surface area is 212 Å². The fourth-order valence-corrected chi connectivity index (χ4v) is 3.84. The molecule has 0 radical (unpaired) electrons. The average Bonchev–Trinajstić information content (AvgIpc) is 2.86. The van der Waals surface area contributed by atoms with Gasteiger partial charge in [0, 0.05) is 6.54 Å². The number of methoxy groups -OCH3 is 2. The summed E-state index contributed by atoms with van der Waals surface area (Å²) in [4.78, 5) is 25.8. The number of carbonyl (C=O) groups excluding carboxylic acids is 2. The second kappa shape index (κ2) is 12.1. The Morgan fingerprint density at radius 3 is 2.33 bits per heavy atom. The Hall–Kier alpha value is -4.00. The van der Waals surface area contributed by atoms with Crippen LogP contribution in [0.4, 0.5) is 5.69 Å². The molecule has 3 aromatic rings. The van der Waals surface area contributed by atoms with Crippen molar-refractivity contribution in [2.75, 3.05) is 26.1 Å². The third-order valence-corrected chi connectivity index (χ3v) is 6.01. The Balaban J connectivity index is 1.62. The monoisotopic (exact) mass is 490 g/mol. The van der Waals surface area contributed by atoms with Gasteiger partial charge in [-0.05, 0) is 86.7 Å². The van der Waals surface area contributed by atoms with E-state index in [0.29, 0.717) is 41.5 Å². The highest BCUT2D eigenvalue weighted by Crippen LogP contribution is 2.28. The molecule has 3 aromatic carbocycles. The Morgan fingerprint density at radius 2 is 1.61 bits per heavy atom. The molecule has 2 N–H and O–H groups in total. The quantitative estimate of drug-likeness (QED) is 0.417. The summed E-state index contributed by atoms with van der Waals surface area (Å²) < 4.78 is 16.6. The Bertz CT molecular complexity index is 1240. The van der Waals surface area contributed by atoms with Crippen LogP contribution in [-0.4, -0.2) is 38.7 Å². The highest BCUT2D eigenvalue weighted by Gasteiger charge is 2.19. The number of para-hydroxylation sites is 1. The molecule has 36 heavy (non-hydrogen) atoms. The van der Waals surface area contributed by atoms with Gasteiger partial charge in [-0.1, -0.05) is 24.3 Å². The van der Waals surface area contributed by atoms with Gasteiger partial charge in [0.25, 0.3) is 11.8 Å². The van der Waals surface area contributed by atoms with Crippen molar-refractivity contribution in [2.45, 2.75) is 40.2 Å². The predicted molar refractivity (Wildman–Crippen MR) is 141 cm³/mol. The van der Waals surface area contributed by atoms with Crippen LogP contribution in [0.1, 0.15) is 39.5 Å². The van der Waals surface area contributed by atoms with Crippen LogP contribution in [-0.2, 0) is 11.2 Å². The predicted octanol–water partition coefficient (Wildman–Crippen LogP) is 5.01. The lowest BCUT2D eigenvalue weighted by molar-refractivity contribution is -0.122. The van der Waals surface area contributed by atoms with Gasteiger partial charge in [-0.2, -0.15) is 0 Å².